The summed E-state index contributed by atoms with van der Waals surface area (Å²) in [6.45, 7) is 6.07. The van der Waals surface area contributed by atoms with E-state index < -0.39 is 0 Å². The molecule has 1 aromatic rings. The molecule has 0 saturated carbocycles. The molecule has 1 aromatic heterocycles. The van der Waals surface area contributed by atoms with Gasteiger partial charge in [-0.15, -0.1) is 0 Å². The number of aromatic nitrogens is 2. The van der Waals surface area contributed by atoms with Gasteiger partial charge in [0.25, 0.3) is 5.91 Å². The molecule has 3 N–H and O–H groups in total. The molecule has 0 radical (unpaired) electrons. The van der Waals surface area contributed by atoms with Gasteiger partial charge in [-0.05, 0) is 39.3 Å². The maximum atomic E-state index is 11.9. The number of nitrogens with two attached hydrogens (primary N) is 1. The molecular formula is C13H24N4O. The Morgan fingerprint density at radius 1 is 1.39 bits per heavy atom. The molecule has 5 nitrogen and oxygen atoms in total. The monoisotopic (exact) mass is 252 g/mol. The lowest BCUT2D eigenvalue weighted by molar-refractivity contribution is 0.0942. The predicted octanol–water partition coefficient (Wildman–Crippen LogP) is 1.46. The van der Waals surface area contributed by atoms with Gasteiger partial charge in [0, 0.05) is 13.1 Å². The third-order valence-electron chi connectivity index (χ3n) is 2.85. The fourth-order valence-corrected chi connectivity index (χ4v) is 1.88. The Morgan fingerprint density at radius 3 is 2.78 bits per heavy atom. The first kappa shape index (κ1) is 14.7. The summed E-state index contributed by atoms with van der Waals surface area (Å²) in [5.74, 6) is -0.0312. The highest BCUT2D eigenvalue weighted by Gasteiger charge is 2.11. The van der Waals surface area contributed by atoms with E-state index in [1.165, 1.54) is 0 Å². The minimum Gasteiger partial charge on any atom is -0.351 e. The van der Waals surface area contributed by atoms with E-state index >= 15 is 0 Å². The molecule has 1 heterocycles. The van der Waals surface area contributed by atoms with E-state index in [0.29, 0.717) is 12.2 Å². The Balaban J connectivity index is 2.32. The number of aryl methyl sites for hydroxylation is 2. The van der Waals surface area contributed by atoms with Crippen LogP contribution in [0, 0.1) is 6.92 Å². The molecule has 102 valence electrons. The van der Waals surface area contributed by atoms with E-state index in [9.17, 15) is 4.79 Å². The lowest BCUT2D eigenvalue weighted by Gasteiger charge is -2.06. The van der Waals surface area contributed by atoms with Crippen molar-refractivity contribution in [3.63, 3.8) is 0 Å². The Kier molecular flexibility index (Phi) is 6.43. The smallest absolute Gasteiger partial charge is 0.269 e. The van der Waals surface area contributed by atoms with Crippen LogP contribution in [0.25, 0.3) is 0 Å². The third-order valence-corrected chi connectivity index (χ3v) is 2.85. The van der Waals surface area contributed by atoms with Crippen molar-refractivity contribution in [2.24, 2.45) is 5.73 Å². The second kappa shape index (κ2) is 7.87. The Bertz CT molecular complexity index is 373. The molecule has 0 bridgehead atoms. The van der Waals surface area contributed by atoms with Crippen LogP contribution in [-0.4, -0.2) is 28.8 Å². The molecule has 18 heavy (non-hydrogen) atoms. The number of nitrogens with zero attached hydrogens (tertiary/aromatic N) is 2. The zero-order valence-corrected chi connectivity index (χ0v) is 11.4. The topological polar surface area (TPSA) is 72.9 Å². The van der Waals surface area contributed by atoms with Crippen LogP contribution in [0.3, 0.4) is 0 Å². The number of nitrogens with one attached hydrogen (secondary N) is 1. The summed E-state index contributed by atoms with van der Waals surface area (Å²) in [5.41, 5.74) is 6.95. The van der Waals surface area contributed by atoms with Crippen LogP contribution < -0.4 is 11.1 Å². The number of unbranched alkanes of at least 4 members (excludes halogenated alkanes) is 3. The molecule has 1 rings (SSSR count). The molecule has 5 heteroatoms. The third kappa shape index (κ3) is 4.49. The summed E-state index contributed by atoms with van der Waals surface area (Å²) < 4.78 is 1.74. The van der Waals surface area contributed by atoms with Crippen LogP contribution in [0.5, 0.6) is 0 Å². The molecule has 0 aliphatic carbocycles. The molecule has 0 aliphatic heterocycles. The summed E-state index contributed by atoms with van der Waals surface area (Å²) >= 11 is 0. The van der Waals surface area contributed by atoms with Gasteiger partial charge in [0.2, 0.25) is 0 Å². The van der Waals surface area contributed by atoms with Crippen molar-refractivity contribution < 1.29 is 4.79 Å². The van der Waals surface area contributed by atoms with Gasteiger partial charge in [-0.3, -0.25) is 9.48 Å². The maximum Gasteiger partial charge on any atom is 0.269 e. The standard InChI is InChI=1S/C13H24N4O/c1-3-17-12(10-11(2)16-17)13(18)15-9-7-5-4-6-8-14/h10H,3-9,14H2,1-2H3,(H,15,18). The van der Waals surface area contributed by atoms with Crippen LogP contribution in [0.4, 0.5) is 0 Å². The predicted molar refractivity (Wildman–Crippen MR) is 72.5 cm³/mol. The summed E-state index contributed by atoms with van der Waals surface area (Å²) in [6.07, 6.45) is 4.32. The fraction of sp³-hybridized carbons (Fsp3) is 0.692. The zero-order chi connectivity index (χ0) is 13.4. The average Bonchev–Trinajstić information content (AvgIpc) is 2.74. The van der Waals surface area contributed by atoms with Crippen LogP contribution in [-0.2, 0) is 6.54 Å². The van der Waals surface area contributed by atoms with Crippen molar-refractivity contribution in [1.82, 2.24) is 15.1 Å². The van der Waals surface area contributed by atoms with Crippen molar-refractivity contribution in [1.29, 1.82) is 0 Å². The molecule has 0 aliphatic rings. The average molecular weight is 252 g/mol. The van der Waals surface area contributed by atoms with Crippen molar-refractivity contribution in [3.05, 3.63) is 17.5 Å². The van der Waals surface area contributed by atoms with Crippen LogP contribution in [0.15, 0.2) is 6.07 Å². The van der Waals surface area contributed by atoms with Crippen molar-refractivity contribution in [2.75, 3.05) is 13.1 Å². The number of carbonyl (C=O) groups is 1. The largest absolute Gasteiger partial charge is 0.351 e. The molecule has 0 unspecified atom stereocenters. The SMILES string of the molecule is CCn1nc(C)cc1C(=O)NCCCCCCN. The molecule has 0 saturated heterocycles. The number of carbonyl (C=O) groups excluding carboxylic acids is 1. The normalized spacial score (nSPS) is 10.6. The molecule has 0 spiro atoms. The minimum atomic E-state index is -0.0312. The van der Waals surface area contributed by atoms with Crippen molar-refractivity contribution >= 4 is 5.91 Å². The van der Waals surface area contributed by atoms with Crippen LogP contribution in [0.1, 0.15) is 48.8 Å². The van der Waals surface area contributed by atoms with Crippen molar-refractivity contribution in [2.45, 2.75) is 46.1 Å². The highest BCUT2D eigenvalue weighted by molar-refractivity contribution is 5.92. The Morgan fingerprint density at radius 2 is 2.11 bits per heavy atom. The van der Waals surface area contributed by atoms with Crippen LogP contribution >= 0.6 is 0 Å². The quantitative estimate of drug-likeness (QED) is 0.688. The van der Waals surface area contributed by atoms with Gasteiger partial charge in [0.1, 0.15) is 5.69 Å². The Labute approximate surface area is 109 Å². The van der Waals surface area contributed by atoms with Crippen LogP contribution in [0.2, 0.25) is 0 Å². The van der Waals surface area contributed by atoms with E-state index in [2.05, 4.69) is 10.4 Å². The van der Waals surface area contributed by atoms with Gasteiger partial charge in [0.15, 0.2) is 0 Å². The fourth-order valence-electron chi connectivity index (χ4n) is 1.88. The first-order valence-corrected chi connectivity index (χ1v) is 6.71. The number of hydrogen-bond acceptors (Lipinski definition) is 3. The molecular weight excluding hydrogens is 228 g/mol. The summed E-state index contributed by atoms with van der Waals surface area (Å²) in [6, 6.07) is 1.83. The van der Waals surface area contributed by atoms with E-state index in [1.807, 2.05) is 19.9 Å². The summed E-state index contributed by atoms with van der Waals surface area (Å²) in [5, 5.41) is 7.19. The second-order valence-corrected chi connectivity index (χ2v) is 4.45. The molecule has 0 fully saturated rings. The van der Waals surface area contributed by atoms with Gasteiger partial charge in [-0.2, -0.15) is 5.10 Å². The van der Waals surface area contributed by atoms with E-state index in [-0.39, 0.29) is 5.91 Å². The van der Waals surface area contributed by atoms with Crippen molar-refractivity contribution in [3.8, 4) is 0 Å². The molecule has 0 atom stereocenters. The summed E-state index contributed by atoms with van der Waals surface area (Å²) in [4.78, 5) is 11.9. The minimum absolute atomic E-state index is 0.0312. The first-order valence-electron chi connectivity index (χ1n) is 6.71. The lowest BCUT2D eigenvalue weighted by atomic mass is 10.2. The lowest BCUT2D eigenvalue weighted by Crippen LogP contribution is -2.27. The molecule has 0 aromatic carbocycles. The van der Waals surface area contributed by atoms with E-state index in [0.717, 1.165) is 44.5 Å². The van der Waals surface area contributed by atoms with Gasteiger partial charge >= 0.3 is 0 Å². The zero-order valence-electron chi connectivity index (χ0n) is 11.4. The molecule has 1 amide bonds. The summed E-state index contributed by atoms with van der Waals surface area (Å²) in [7, 11) is 0. The second-order valence-electron chi connectivity index (χ2n) is 4.45. The van der Waals surface area contributed by atoms with E-state index in [1.54, 1.807) is 4.68 Å². The number of hydrogen-bond donors (Lipinski definition) is 2. The highest BCUT2D eigenvalue weighted by Crippen LogP contribution is 2.04. The van der Waals surface area contributed by atoms with Gasteiger partial charge in [-0.1, -0.05) is 12.8 Å². The van der Waals surface area contributed by atoms with Gasteiger partial charge in [-0.25, -0.2) is 0 Å². The van der Waals surface area contributed by atoms with E-state index in [4.69, 9.17) is 5.73 Å². The van der Waals surface area contributed by atoms with Gasteiger partial charge < -0.3 is 11.1 Å². The highest BCUT2D eigenvalue weighted by atomic mass is 16.2. The maximum absolute atomic E-state index is 11.9. The number of rotatable bonds is 8. The first-order chi connectivity index (χ1) is 8.69. The number of amides is 1. The Hall–Kier alpha value is -1.36. The van der Waals surface area contributed by atoms with Gasteiger partial charge in [0.05, 0.1) is 5.69 Å².